The summed E-state index contributed by atoms with van der Waals surface area (Å²) in [5.41, 5.74) is 0.358. The molecule has 4 rings (SSSR count). The van der Waals surface area contributed by atoms with E-state index in [1.54, 1.807) is 0 Å². The molecule has 0 saturated carbocycles. The molecule has 1 atom stereocenters. The van der Waals surface area contributed by atoms with E-state index in [1.165, 1.54) is 0 Å². The lowest BCUT2D eigenvalue weighted by atomic mass is 9.84. The molecule has 2 aromatic carbocycles. The number of fused-ring (bicyclic) bond motifs is 1. The lowest BCUT2D eigenvalue weighted by Crippen LogP contribution is -2.44. The summed E-state index contributed by atoms with van der Waals surface area (Å²) in [7, 11) is 0. The van der Waals surface area contributed by atoms with Gasteiger partial charge in [-0.3, -0.25) is 0 Å². The molecular weight excluding hydrogens is 314 g/mol. The van der Waals surface area contributed by atoms with Crippen LogP contribution >= 0.6 is 0 Å². The van der Waals surface area contributed by atoms with E-state index in [2.05, 4.69) is 4.90 Å². The molecule has 1 N–H and O–H groups in total. The predicted octanol–water partition coefficient (Wildman–Crippen LogP) is 3.20. The lowest BCUT2D eigenvalue weighted by Gasteiger charge is -2.39. The fraction of sp³-hybridized carbons (Fsp3) is 0.429. The highest BCUT2D eigenvalue weighted by Crippen LogP contribution is 2.34. The van der Waals surface area contributed by atoms with Crippen LogP contribution in [0.15, 0.2) is 54.6 Å². The fourth-order valence-corrected chi connectivity index (χ4v) is 3.72. The van der Waals surface area contributed by atoms with E-state index in [9.17, 15) is 5.11 Å². The molecule has 0 spiro atoms. The SMILES string of the molecule is OC1(c2ccccc2)CCN(CCC2COc3ccccc3O2)CC1. The summed E-state index contributed by atoms with van der Waals surface area (Å²) in [6, 6.07) is 17.9. The van der Waals surface area contributed by atoms with Crippen molar-refractivity contribution in [3.63, 3.8) is 0 Å². The van der Waals surface area contributed by atoms with Crippen molar-refractivity contribution in [3.8, 4) is 11.5 Å². The van der Waals surface area contributed by atoms with Crippen molar-refractivity contribution >= 4 is 0 Å². The summed E-state index contributed by atoms with van der Waals surface area (Å²) in [5, 5.41) is 10.9. The monoisotopic (exact) mass is 339 g/mol. The number of benzene rings is 2. The van der Waals surface area contributed by atoms with E-state index in [4.69, 9.17) is 9.47 Å². The van der Waals surface area contributed by atoms with Crippen LogP contribution in [0.3, 0.4) is 0 Å². The van der Waals surface area contributed by atoms with Crippen LogP contribution in [0.1, 0.15) is 24.8 Å². The number of aliphatic hydroxyl groups is 1. The molecule has 2 aromatic rings. The van der Waals surface area contributed by atoms with E-state index in [0.29, 0.717) is 6.61 Å². The topological polar surface area (TPSA) is 41.9 Å². The molecule has 1 saturated heterocycles. The highest BCUT2D eigenvalue weighted by molar-refractivity contribution is 5.40. The molecule has 0 amide bonds. The van der Waals surface area contributed by atoms with Gasteiger partial charge in [-0.1, -0.05) is 42.5 Å². The first-order chi connectivity index (χ1) is 12.2. The van der Waals surface area contributed by atoms with Gasteiger partial charge in [0, 0.05) is 26.1 Å². The van der Waals surface area contributed by atoms with Crippen LogP contribution in [0.5, 0.6) is 11.5 Å². The number of ether oxygens (including phenoxy) is 2. The number of nitrogens with zero attached hydrogens (tertiary/aromatic N) is 1. The first kappa shape index (κ1) is 16.4. The van der Waals surface area contributed by atoms with Crippen LogP contribution in [0.25, 0.3) is 0 Å². The molecule has 2 heterocycles. The van der Waals surface area contributed by atoms with Gasteiger partial charge in [0.15, 0.2) is 11.5 Å². The number of para-hydroxylation sites is 2. The van der Waals surface area contributed by atoms with Gasteiger partial charge in [-0.05, 0) is 30.5 Å². The van der Waals surface area contributed by atoms with E-state index in [-0.39, 0.29) is 6.10 Å². The number of hydrogen-bond acceptors (Lipinski definition) is 4. The van der Waals surface area contributed by atoms with Crippen LogP contribution in [0.4, 0.5) is 0 Å². The van der Waals surface area contributed by atoms with Crippen molar-refractivity contribution in [2.45, 2.75) is 31.0 Å². The quantitative estimate of drug-likeness (QED) is 0.929. The summed E-state index contributed by atoms with van der Waals surface area (Å²) in [6.07, 6.45) is 2.60. The fourth-order valence-electron chi connectivity index (χ4n) is 3.72. The largest absolute Gasteiger partial charge is 0.486 e. The standard InChI is InChI=1S/C21H25NO3/c23-21(17-6-2-1-3-7-17)11-14-22(15-12-21)13-10-18-16-24-19-8-4-5-9-20(19)25-18/h1-9,18,23H,10-16H2. The zero-order chi connectivity index (χ0) is 17.1. The molecule has 132 valence electrons. The smallest absolute Gasteiger partial charge is 0.161 e. The Hall–Kier alpha value is -2.04. The molecule has 1 fully saturated rings. The summed E-state index contributed by atoms with van der Waals surface area (Å²) in [4.78, 5) is 2.42. The summed E-state index contributed by atoms with van der Waals surface area (Å²) < 4.78 is 11.8. The summed E-state index contributed by atoms with van der Waals surface area (Å²) >= 11 is 0. The van der Waals surface area contributed by atoms with Crippen molar-refractivity contribution in [1.29, 1.82) is 0 Å². The maximum absolute atomic E-state index is 10.9. The minimum atomic E-state index is -0.679. The van der Waals surface area contributed by atoms with Crippen molar-refractivity contribution in [2.75, 3.05) is 26.2 Å². The van der Waals surface area contributed by atoms with Crippen LogP contribution in [0.2, 0.25) is 0 Å². The van der Waals surface area contributed by atoms with E-state index in [0.717, 1.165) is 56.0 Å². The molecule has 0 aromatic heterocycles. The van der Waals surface area contributed by atoms with Gasteiger partial charge in [0.2, 0.25) is 0 Å². The molecule has 2 aliphatic heterocycles. The Morgan fingerprint density at radius 1 is 0.960 bits per heavy atom. The molecule has 0 aliphatic carbocycles. The minimum absolute atomic E-state index is 0.102. The molecule has 4 nitrogen and oxygen atoms in total. The van der Waals surface area contributed by atoms with Crippen molar-refractivity contribution in [3.05, 3.63) is 60.2 Å². The lowest BCUT2D eigenvalue weighted by molar-refractivity contribution is -0.0289. The average molecular weight is 339 g/mol. The van der Waals surface area contributed by atoms with Gasteiger partial charge in [-0.2, -0.15) is 0 Å². The van der Waals surface area contributed by atoms with Gasteiger partial charge >= 0.3 is 0 Å². The Kier molecular flexibility index (Phi) is 4.64. The second-order valence-electron chi connectivity index (χ2n) is 7.03. The number of hydrogen-bond donors (Lipinski definition) is 1. The molecule has 1 unspecified atom stereocenters. The van der Waals surface area contributed by atoms with Gasteiger partial charge < -0.3 is 19.5 Å². The highest BCUT2D eigenvalue weighted by Gasteiger charge is 2.34. The molecule has 4 heteroatoms. The number of rotatable bonds is 4. The van der Waals surface area contributed by atoms with Gasteiger partial charge in [0.05, 0.1) is 5.60 Å². The molecule has 25 heavy (non-hydrogen) atoms. The normalized spacial score (nSPS) is 22.5. The van der Waals surface area contributed by atoms with Crippen molar-refractivity contribution in [2.24, 2.45) is 0 Å². The maximum Gasteiger partial charge on any atom is 0.161 e. The first-order valence-corrected chi connectivity index (χ1v) is 9.12. The highest BCUT2D eigenvalue weighted by atomic mass is 16.6. The maximum atomic E-state index is 10.9. The van der Waals surface area contributed by atoms with Gasteiger partial charge in [0.1, 0.15) is 12.7 Å². The van der Waals surface area contributed by atoms with Crippen LogP contribution < -0.4 is 9.47 Å². The van der Waals surface area contributed by atoms with Crippen LogP contribution in [-0.2, 0) is 5.60 Å². The summed E-state index contributed by atoms with van der Waals surface area (Å²) in [5.74, 6) is 1.68. The molecule has 0 radical (unpaired) electrons. The zero-order valence-corrected chi connectivity index (χ0v) is 14.4. The Labute approximate surface area is 149 Å². The number of likely N-dealkylation sites (tertiary alicyclic amines) is 1. The van der Waals surface area contributed by atoms with Crippen molar-refractivity contribution in [1.82, 2.24) is 4.90 Å². The third-order valence-electron chi connectivity index (χ3n) is 5.33. The minimum Gasteiger partial charge on any atom is -0.486 e. The van der Waals surface area contributed by atoms with Gasteiger partial charge in [0.25, 0.3) is 0 Å². The molecule has 2 aliphatic rings. The van der Waals surface area contributed by atoms with E-state index in [1.807, 2.05) is 54.6 Å². The number of piperidine rings is 1. The first-order valence-electron chi connectivity index (χ1n) is 9.12. The average Bonchev–Trinajstić information content (AvgIpc) is 2.68. The van der Waals surface area contributed by atoms with Crippen LogP contribution in [0, 0.1) is 0 Å². The second kappa shape index (κ2) is 7.06. The molecular formula is C21H25NO3. The third-order valence-corrected chi connectivity index (χ3v) is 5.33. The van der Waals surface area contributed by atoms with Crippen molar-refractivity contribution < 1.29 is 14.6 Å². The Morgan fingerprint density at radius 3 is 2.40 bits per heavy atom. The molecule has 0 bridgehead atoms. The van der Waals surface area contributed by atoms with Crippen LogP contribution in [-0.4, -0.2) is 42.4 Å². The second-order valence-corrected chi connectivity index (χ2v) is 7.03. The zero-order valence-electron chi connectivity index (χ0n) is 14.4. The predicted molar refractivity (Wildman–Crippen MR) is 97.0 cm³/mol. The third kappa shape index (κ3) is 3.65. The van der Waals surface area contributed by atoms with E-state index >= 15 is 0 Å². The Bertz CT molecular complexity index is 695. The van der Waals surface area contributed by atoms with Gasteiger partial charge in [-0.15, -0.1) is 0 Å². The van der Waals surface area contributed by atoms with E-state index < -0.39 is 5.60 Å². The Balaban J connectivity index is 1.27. The summed E-state index contributed by atoms with van der Waals surface area (Å²) in [6.45, 7) is 3.41. The van der Waals surface area contributed by atoms with Gasteiger partial charge in [-0.25, -0.2) is 0 Å². The Morgan fingerprint density at radius 2 is 1.64 bits per heavy atom.